The third kappa shape index (κ3) is 9.33. The van der Waals surface area contributed by atoms with Gasteiger partial charge in [-0.05, 0) is 40.5 Å². The highest BCUT2D eigenvalue weighted by Gasteiger charge is 2.38. The molecular weight excluding hydrogens is 488 g/mol. The molecule has 1 fully saturated rings. The number of primary amides is 1. The Labute approximate surface area is 215 Å². The molecule has 37 heavy (non-hydrogen) atoms. The number of hydrogen-bond acceptors (Lipinski definition) is 8. The first kappa shape index (κ1) is 31.3. The SMILES string of the molecule is CNC(=O)CC(NC(=O)C(C)N)C(=O)NC(C)C(=O)N1CCCC1C(=O)NC(C)C(=O)NC(C)C(N)=O. The Hall–Kier alpha value is -3.75. The highest BCUT2D eigenvalue weighted by Crippen LogP contribution is 2.19. The lowest BCUT2D eigenvalue weighted by Crippen LogP contribution is -2.58. The lowest BCUT2D eigenvalue weighted by atomic mass is 10.1. The average molecular weight is 527 g/mol. The summed E-state index contributed by atoms with van der Waals surface area (Å²) in [5.74, 6) is -4.40. The van der Waals surface area contributed by atoms with Crippen molar-refractivity contribution in [3.05, 3.63) is 0 Å². The van der Waals surface area contributed by atoms with E-state index >= 15 is 0 Å². The monoisotopic (exact) mass is 526 g/mol. The standard InChI is InChI=1S/C22H38N8O7/c1-10(23)18(33)29-14(9-16(31)25-5)20(35)28-13(4)22(37)30-8-6-7-15(30)21(36)27-12(3)19(34)26-11(2)17(24)32/h10-15H,6-9,23H2,1-5H3,(H2,24,32)(H,25,31)(H,26,34)(H,27,36)(H,28,35)(H,29,33). The molecule has 1 saturated heterocycles. The van der Waals surface area contributed by atoms with Gasteiger partial charge in [0.2, 0.25) is 41.4 Å². The Morgan fingerprint density at radius 2 is 1.43 bits per heavy atom. The molecule has 1 aliphatic heterocycles. The van der Waals surface area contributed by atoms with Crippen molar-refractivity contribution in [1.29, 1.82) is 0 Å². The molecule has 0 spiro atoms. The number of carbonyl (C=O) groups is 7. The maximum Gasteiger partial charge on any atom is 0.245 e. The second-order valence-electron chi connectivity index (χ2n) is 9.01. The molecule has 0 saturated carbocycles. The van der Waals surface area contributed by atoms with Crippen molar-refractivity contribution in [3.63, 3.8) is 0 Å². The maximum atomic E-state index is 13.1. The van der Waals surface area contributed by atoms with E-state index in [1.807, 2.05) is 0 Å². The summed E-state index contributed by atoms with van der Waals surface area (Å²) in [5, 5.41) is 12.1. The molecule has 0 bridgehead atoms. The Morgan fingerprint density at radius 1 is 0.838 bits per heavy atom. The normalized spacial score (nSPS) is 18.9. The second kappa shape index (κ2) is 14.1. The van der Waals surface area contributed by atoms with Crippen LogP contribution in [-0.2, 0) is 33.6 Å². The Bertz CT molecular complexity index is 909. The van der Waals surface area contributed by atoms with Crippen LogP contribution in [0.25, 0.3) is 0 Å². The van der Waals surface area contributed by atoms with E-state index in [9.17, 15) is 33.6 Å². The molecule has 9 N–H and O–H groups in total. The van der Waals surface area contributed by atoms with Crippen LogP contribution in [0.3, 0.4) is 0 Å². The number of likely N-dealkylation sites (tertiary alicyclic amines) is 1. The van der Waals surface area contributed by atoms with Crippen molar-refractivity contribution < 1.29 is 33.6 Å². The lowest BCUT2D eigenvalue weighted by Gasteiger charge is -2.29. The van der Waals surface area contributed by atoms with Crippen LogP contribution in [0.2, 0.25) is 0 Å². The van der Waals surface area contributed by atoms with Crippen molar-refractivity contribution in [2.24, 2.45) is 11.5 Å². The van der Waals surface area contributed by atoms with E-state index < -0.39 is 77.6 Å². The highest BCUT2D eigenvalue weighted by molar-refractivity contribution is 5.97. The summed E-state index contributed by atoms with van der Waals surface area (Å²) in [6, 6.07) is -6.08. The fourth-order valence-corrected chi connectivity index (χ4v) is 3.51. The zero-order chi connectivity index (χ0) is 28.4. The fraction of sp³-hybridized carbons (Fsp3) is 0.682. The quantitative estimate of drug-likeness (QED) is 0.132. The molecule has 6 atom stereocenters. The summed E-state index contributed by atoms with van der Waals surface area (Å²) in [6.07, 6.45) is 0.492. The van der Waals surface area contributed by atoms with Crippen LogP contribution in [0.5, 0.6) is 0 Å². The van der Waals surface area contributed by atoms with Gasteiger partial charge in [0, 0.05) is 13.6 Å². The number of amides is 7. The van der Waals surface area contributed by atoms with Crippen LogP contribution in [0.1, 0.15) is 47.0 Å². The average Bonchev–Trinajstić information content (AvgIpc) is 3.32. The van der Waals surface area contributed by atoms with E-state index in [1.54, 1.807) is 0 Å². The first-order chi connectivity index (χ1) is 17.2. The van der Waals surface area contributed by atoms with Crippen molar-refractivity contribution >= 4 is 41.4 Å². The number of hydrogen-bond donors (Lipinski definition) is 7. The first-order valence-electron chi connectivity index (χ1n) is 12.0. The van der Waals surface area contributed by atoms with Crippen LogP contribution in [0.4, 0.5) is 0 Å². The molecule has 1 heterocycles. The predicted molar refractivity (Wildman–Crippen MR) is 131 cm³/mol. The van der Waals surface area contributed by atoms with Crippen LogP contribution in [0, 0.1) is 0 Å². The van der Waals surface area contributed by atoms with E-state index in [1.165, 1.54) is 39.6 Å². The largest absolute Gasteiger partial charge is 0.368 e. The third-order valence-corrected chi connectivity index (χ3v) is 5.82. The van der Waals surface area contributed by atoms with E-state index in [0.717, 1.165) is 0 Å². The fourth-order valence-electron chi connectivity index (χ4n) is 3.51. The molecule has 15 heteroatoms. The highest BCUT2D eigenvalue weighted by atomic mass is 16.2. The van der Waals surface area contributed by atoms with E-state index in [0.29, 0.717) is 12.8 Å². The Balaban J connectivity index is 2.83. The third-order valence-electron chi connectivity index (χ3n) is 5.82. The van der Waals surface area contributed by atoms with Gasteiger partial charge in [0.05, 0.1) is 12.5 Å². The smallest absolute Gasteiger partial charge is 0.245 e. The first-order valence-corrected chi connectivity index (χ1v) is 12.0. The van der Waals surface area contributed by atoms with Gasteiger partial charge in [0.1, 0.15) is 30.2 Å². The number of nitrogens with one attached hydrogen (secondary N) is 5. The summed E-state index contributed by atoms with van der Waals surface area (Å²) >= 11 is 0. The van der Waals surface area contributed by atoms with Gasteiger partial charge in [0.15, 0.2) is 0 Å². The zero-order valence-electron chi connectivity index (χ0n) is 21.8. The number of nitrogens with two attached hydrogens (primary N) is 2. The van der Waals surface area contributed by atoms with Gasteiger partial charge in [-0.2, -0.15) is 0 Å². The van der Waals surface area contributed by atoms with Crippen molar-refractivity contribution in [1.82, 2.24) is 31.5 Å². The summed E-state index contributed by atoms with van der Waals surface area (Å²) in [6.45, 7) is 5.91. The van der Waals surface area contributed by atoms with Gasteiger partial charge in [0.25, 0.3) is 0 Å². The Kier molecular flexibility index (Phi) is 11.9. The van der Waals surface area contributed by atoms with Gasteiger partial charge < -0.3 is 43.0 Å². The van der Waals surface area contributed by atoms with E-state index in [2.05, 4.69) is 26.6 Å². The molecule has 0 aromatic rings. The summed E-state index contributed by atoms with van der Waals surface area (Å²) < 4.78 is 0. The van der Waals surface area contributed by atoms with Crippen LogP contribution in [0.15, 0.2) is 0 Å². The molecule has 1 aliphatic rings. The van der Waals surface area contributed by atoms with Crippen LogP contribution >= 0.6 is 0 Å². The molecule has 7 amide bonds. The van der Waals surface area contributed by atoms with Crippen molar-refractivity contribution in [2.45, 2.75) is 83.2 Å². The second-order valence-corrected chi connectivity index (χ2v) is 9.01. The molecule has 6 unspecified atom stereocenters. The van der Waals surface area contributed by atoms with Gasteiger partial charge in [-0.1, -0.05) is 0 Å². The van der Waals surface area contributed by atoms with Gasteiger partial charge in [-0.15, -0.1) is 0 Å². The van der Waals surface area contributed by atoms with Crippen LogP contribution < -0.4 is 38.1 Å². The molecular formula is C22H38N8O7. The van der Waals surface area contributed by atoms with Gasteiger partial charge in [-0.25, -0.2) is 0 Å². The summed E-state index contributed by atoms with van der Waals surface area (Å²) in [5.41, 5.74) is 10.6. The topological polar surface area (TPSA) is 235 Å². The van der Waals surface area contributed by atoms with E-state index in [-0.39, 0.29) is 13.0 Å². The minimum atomic E-state index is -1.27. The van der Waals surface area contributed by atoms with E-state index in [4.69, 9.17) is 11.5 Å². The summed E-state index contributed by atoms with van der Waals surface area (Å²) in [4.78, 5) is 87.1. The number of nitrogens with zero attached hydrogens (tertiary/aromatic N) is 1. The van der Waals surface area contributed by atoms with Crippen LogP contribution in [-0.4, -0.2) is 96.1 Å². The zero-order valence-corrected chi connectivity index (χ0v) is 21.8. The molecule has 0 radical (unpaired) electrons. The van der Waals surface area contributed by atoms with Crippen molar-refractivity contribution in [2.75, 3.05) is 13.6 Å². The lowest BCUT2D eigenvalue weighted by molar-refractivity contribution is -0.142. The van der Waals surface area contributed by atoms with Crippen molar-refractivity contribution in [3.8, 4) is 0 Å². The minimum absolute atomic E-state index is 0.250. The summed E-state index contributed by atoms with van der Waals surface area (Å²) in [7, 11) is 1.37. The molecule has 0 aromatic carbocycles. The number of carbonyl (C=O) groups excluding carboxylic acids is 7. The molecule has 208 valence electrons. The molecule has 15 nitrogen and oxygen atoms in total. The molecule has 1 rings (SSSR count). The van der Waals surface area contributed by atoms with Gasteiger partial charge in [-0.3, -0.25) is 33.6 Å². The Morgan fingerprint density at radius 3 is 1.97 bits per heavy atom. The molecule has 0 aliphatic carbocycles. The minimum Gasteiger partial charge on any atom is -0.368 e. The predicted octanol–water partition coefficient (Wildman–Crippen LogP) is -4.06. The van der Waals surface area contributed by atoms with Gasteiger partial charge >= 0.3 is 0 Å². The number of rotatable bonds is 12. The maximum absolute atomic E-state index is 13.1. The molecule has 0 aromatic heterocycles.